The van der Waals surface area contributed by atoms with Crippen LogP contribution in [0, 0.1) is 12.7 Å². The molecule has 8 nitrogen and oxygen atoms in total. The van der Waals surface area contributed by atoms with Crippen LogP contribution in [0.5, 0.6) is 5.75 Å². The molecule has 3 N–H and O–H groups in total. The maximum Gasteiger partial charge on any atom is 0.263 e. The van der Waals surface area contributed by atoms with Gasteiger partial charge in [0.1, 0.15) is 29.3 Å². The highest BCUT2D eigenvalue weighted by atomic mass is 32.1. The highest BCUT2D eigenvalue weighted by Crippen LogP contribution is 2.29. The van der Waals surface area contributed by atoms with Crippen LogP contribution in [0.4, 0.5) is 10.1 Å². The van der Waals surface area contributed by atoms with Crippen LogP contribution in [-0.4, -0.2) is 66.8 Å². The van der Waals surface area contributed by atoms with Gasteiger partial charge in [0.25, 0.3) is 5.91 Å². The number of nitrogens with one attached hydrogen (secondary N) is 1. The summed E-state index contributed by atoms with van der Waals surface area (Å²) in [6, 6.07) is 6.55. The number of carbonyl (C=O) groups excluding carboxylic acids is 1. The van der Waals surface area contributed by atoms with E-state index >= 15 is 0 Å². The molecule has 1 aromatic carbocycles. The molecule has 3 heterocycles. The number of hydrogen-bond donors (Lipinski definition) is 2. The van der Waals surface area contributed by atoms with Crippen molar-refractivity contribution in [3.63, 3.8) is 0 Å². The Kier molecular flexibility index (Phi) is 7.94. The minimum atomic E-state index is -0.365. The van der Waals surface area contributed by atoms with Crippen LogP contribution in [0.3, 0.4) is 0 Å². The number of anilines is 1. The molecular weight excluding hydrogens is 469 g/mol. The Bertz CT molecular complexity index is 1140. The number of nitrogens with two attached hydrogens (primary N) is 1. The molecule has 1 saturated heterocycles. The summed E-state index contributed by atoms with van der Waals surface area (Å²) in [5.41, 5.74) is 8.67. The lowest BCUT2D eigenvalue weighted by Crippen LogP contribution is -2.43. The van der Waals surface area contributed by atoms with Crippen molar-refractivity contribution in [2.45, 2.75) is 26.0 Å². The lowest BCUT2D eigenvalue weighted by Gasteiger charge is -2.32. The molecule has 0 bridgehead atoms. The number of morpholine rings is 1. The van der Waals surface area contributed by atoms with E-state index < -0.39 is 0 Å². The molecule has 0 saturated carbocycles. The Balaban J connectivity index is 1.48. The largest absolute Gasteiger partial charge is 0.489 e. The molecule has 1 unspecified atom stereocenters. The van der Waals surface area contributed by atoms with Gasteiger partial charge in [-0.1, -0.05) is 18.3 Å². The molecule has 1 fully saturated rings. The smallest absolute Gasteiger partial charge is 0.263 e. The number of aromatic nitrogens is 1. The van der Waals surface area contributed by atoms with E-state index in [2.05, 4.69) is 22.2 Å². The summed E-state index contributed by atoms with van der Waals surface area (Å²) in [4.78, 5) is 21.2. The van der Waals surface area contributed by atoms with E-state index in [-0.39, 0.29) is 28.4 Å². The highest BCUT2D eigenvalue weighted by molar-refractivity contribution is 7.80. The lowest BCUT2D eigenvalue weighted by molar-refractivity contribution is -0.115. The molecule has 10 heteroatoms. The average Bonchev–Trinajstić information content (AvgIpc) is 2.84. The fourth-order valence-electron chi connectivity index (χ4n) is 4.30. The number of carbonyl (C=O) groups is 1. The van der Waals surface area contributed by atoms with Gasteiger partial charge in [-0.15, -0.1) is 0 Å². The summed E-state index contributed by atoms with van der Waals surface area (Å²) in [6.07, 6.45) is 3.86. The summed E-state index contributed by atoms with van der Waals surface area (Å²) >= 11 is 5.22. The zero-order chi connectivity index (χ0) is 24.9. The topological polar surface area (TPSA) is 92.9 Å². The van der Waals surface area contributed by atoms with Crippen LogP contribution in [0.15, 0.2) is 47.9 Å². The standard InChI is InChI=1S/C25H30FN5O3S/c1-16-19(26)4-3-5-21(16)31-9-7-20(23(24(27)35)25(31)32)29-12-17-6-8-28-13-22(17)34-15-18-14-30(2)10-11-33-18/h3-6,8,13,18,29H,7,9-12,14-15H2,1-2H3,(H2,27,35). The molecule has 0 spiro atoms. The first-order valence-electron chi connectivity index (χ1n) is 11.5. The molecule has 4 rings (SSSR count). The van der Waals surface area contributed by atoms with E-state index in [4.69, 9.17) is 27.4 Å². The molecule has 2 aliphatic rings. The van der Waals surface area contributed by atoms with Gasteiger partial charge in [-0.25, -0.2) is 4.39 Å². The Morgan fingerprint density at radius 1 is 1.37 bits per heavy atom. The third kappa shape index (κ3) is 5.77. The highest BCUT2D eigenvalue weighted by Gasteiger charge is 2.31. The van der Waals surface area contributed by atoms with Crippen LogP contribution in [0.25, 0.3) is 0 Å². The average molecular weight is 500 g/mol. The molecule has 1 amide bonds. The summed E-state index contributed by atoms with van der Waals surface area (Å²) in [5, 5.41) is 3.33. The van der Waals surface area contributed by atoms with Crippen molar-refractivity contribution in [3.05, 3.63) is 64.9 Å². The molecule has 2 aliphatic heterocycles. The fraction of sp³-hybridized carbons (Fsp3) is 0.400. The summed E-state index contributed by atoms with van der Waals surface area (Å²) < 4.78 is 25.9. The second-order valence-electron chi connectivity index (χ2n) is 8.71. The van der Waals surface area contributed by atoms with E-state index in [1.54, 1.807) is 31.5 Å². The van der Waals surface area contributed by atoms with E-state index in [0.717, 1.165) is 18.7 Å². The van der Waals surface area contributed by atoms with Gasteiger partial charge in [-0.3, -0.25) is 9.78 Å². The van der Waals surface area contributed by atoms with Crippen LogP contribution in [0.1, 0.15) is 17.5 Å². The predicted molar refractivity (Wildman–Crippen MR) is 136 cm³/mol. The van der Waals surface area contributed by atoms with Crippen LogP contribution >= 0.6 is 12.2 Å². The zero-order valence-corrected chi connectivity index (χ0v) is 20.7. The van der Waals surface area contributed by atoms with Gasteiger partial charge < -0.3 is 30.3 Å². The maximum absolute atomic E-state index is 14.1. The van der Waals surface area contributed by atoms with Crippen molar-refractivity contribution in [1.29, 1.82) is 0 Å². The van der Waals surface area contributed by atoms with Gasteiger partial charge in [0, 0.05) is 61.3 Å². The number of ether oxygens (including phenoxy) is 2. The minimum absolute atomic E-state index is 0.000949. The number of pyridine rings is 1. The molecule has 1 atom stereocenters. The first-order valence-corrected chi connectivity index (χ1v) is 12.0. The van der Waals surface area contributed by atoms with Crippen molar-refractivity contribution in [2.24, 2.45) is 5.73 Å². The SMILES string of the molecule is Cc1c(F)cccc1N1CCC(NCc2ccncc2OCC2CN(C)CCO2)=C(C(N)=S)C1=O. The number of amides is 1. The number of benzene rings is 1. The fourth-order valence-corrected chi connectivity index (χ4v) is 4.51. The normalized spacial score (nSPS) is 19.1. The van der Waals surface area contributed by atoms with Gasteiger partial charge in [-0.05, 0) is 32.2 Å². The molecular formula is C25H30FN5O3S. The molecule has 1 aromatic heterocycles. The van der Waals surface area contributed by atoms with Crippen LogP contribution in [-0.2, 0) is 16.1 Å². The molecule has 186 valence electrons. The number of likely N-dealkylation sites (N-methyl/N-ethyl adjacent to an activating group) is 1. The van der Waals surface area contributed by atoms with Crippen LogP contribution in [0.2, 0.25) is 0 Å². The Morgan fingerprint density at radius 2 is 2.20 bits per heavy atom. The van der Waals surface area contributed by atoms with Crippen molar-refractivity contribution in [1.82, 2.24) is 15.2 Å². The third-order valence-corrected chi connectivity index (χ3v) is 6.46. The summed E-state index contributed by atoms with van der Waals surface area (Å²) in [5.74, 6) is -0.0614. The minimum Gasteiger partial charge on any atom is -0.489 e. The molecule has 0 aliphatic carbocycles. The van der Waals surface area contributed by atoms with E-state index in [9.17, 15) is 9.18 Å². The second kappa shape index (κ2) is 11.1. The summed E-state index contributed by atoms with van der Waals surface area (Å²) in [7, 11) is 2.06. The van der Waals surface area contributed by atoms with Gasteiger partial charge >= 0.3 is 0 Å². The third-order valence-electron chi connectivity index (χ3n) is 6.25. The zero-order valence-electron chi connectivity index (χ0n) is 19.9. The Morgan fingerprint density at radius 3 is 2.97 bits per heavy atom. The first-order chi connectivity index (χ1) is 16.8. The predicted octanol–water partition coefficient (Wildman–Crippen LogP) is 2.31. The van der Waals surface area contributed by atoms with Crippen molar-refractivity contribution in [2.75, 3.05) is 44.8 Å². The lowest BCUT2D eigenvalue weighted by atomic mass is 10.0. The number of halogens is 1. The first kappa shape index (κ1) is 25.0. The van der Waals surface area contributed by atoms with Crippen molar-refractivity contribution in [3.8, 4) is 5.75 Å². The van der Waals surface area contributed by atoms with Gasteiger partial charge in [0.15, 0.2) is 0 Å². The van der Waals surface area contributed by atoms with Crippen molar-refractivity contribution >= 4 is 28.8 Å². The van der Waals surface area contributed by atoms with Gasteiger partial charge in [0.05, 0.1) is 18.4 Å². The van der Waals surface area contributed by atoms with E-state index in [0.29, 0.717) is 55.4 Å². The molecule has 0 radical (unpaired) electrons. The quantitative estimate of drug-likeness (QED) is 0.535. The van der Waals surface area contributed by atoms with Crippen molar-refractivity contribution < 1.29 is 18.7 Å². The van der Waals surface area contributed by atoms with Gasteiger partial charge in [0.2, 0.25) is 0 Å². The maximum atomic E-state index is 14.1. The molecule has 2 aromatic rings. The number of hydrogen-bond acceptors (Lipinski definition) is 7. The van der Waals surface area contributed by atoms with E-state index in [1.165, 1.54) is 11.0 Å². The molecule has 35 heavy (non-hydrogen) atoms. The summed E-state index contributed by atoms with van der Waals surface area (Å²) in [6.45, 7) is 5.25. The van der Waals surface area contributed by atoms with E-state index in [1.807, 2.05) is 6.07 Å². The number of thiocarbonyl (C=S) groups is 1. The Hall–Kier alpha value is -3.08. The number of rotatable bonds is 8. The van der Waals surface area contributed by atoms with Crippen LogP contribution < -0.4 is 20.7 Å². The second-order valence-corrected chi connectivity index (χ2v) is 9.15. The Labute approximate surface area is 209 Å². The van der Waals surface area contributed by atoms with Gasteiger partial charge in [-0.2, -0.15) is 0 Å². The number of nitrogens with zero attached hydrogens (tertiary/aromatic N) is 3. The monoisotopic (exact) mass is 499 g/mol.